The lowest BCUT2D eigenvalue weighted by atomic mass is 10.1. The Hall–Kier alpha value is -1.93. The predicted molar refractivity (Wildman–Crippen MR) is 98.8 cm³/mol. The van der Waals surface area contributed by atoms with Crippen LogP contribution in [-0.2, 0) is 11.3 Å². The van der Waals surface area contributed by atoms with Crippen molar-refractivity contribution in [3.05, 3.63) is 40.5 Å². The molecule has 1 aliphatic heterocycles. The lowest BCUT2D eigenvalue weighted by Gasteiger charge is -2.32. The molecule has 1 N–H and O–H groups in total. The summed E-state index contributed by atoms with van der Waals surface area (Å²) >= 11 is 3.41. The molecule has 1 aromatic carbocycles. The fourth-order valence-electron chi connectivity index (χ4n) is 3.05. The number of anilines is 1. The van der Waals surface area contributed by atoms with Gasteiger partial charge >= 0.3 is 6.03 Å². The SMILES string of the molecule is O=C(Nc1cccc(Br)c1)N1CCCC(OCc2nc(C3CC3)no2)C1. The topological polar surface area (TPSA) is 80.5 Å². The Kier molecular flexibility index (Phi) is 5.21. The molecule has 1 aromatic heterocycles. The number of nitrogens with one attached hydrogen (secondary N) is 1. The van der Waals surface area contributed by atoms with Gasteiger partial charge in [0, 0.05) is 29.2 Å². The Bertz CT molecular complexity index is 777. The lowest BCUT2D eigenvalue weighted by molar-refractivity contribution is -0.00916. The first kappa shape index (κ1) is 17.5. The van der Waals surface area contributed by atoms with Crippen LogP contribution in [-0.4, -0.2) is 40.3 Å². The maximum atomic E-state index is 12.5. The molecule has 0 spiro atoms. The van der Waals surface area contributed by atoms with Crippen LogP contribution in [0.1, 0.15) is 43.3 Å². The molecule has 26 heavy (non-hydrogen) atoms. The summed E-state index contributed by atoms with van der Waals surface area (Å²) in [6.45, 7) is 1.58. The maximum Gasteiger partial charge on any atom is 0.321 e. The minimum Gasteiger partial charge on any atom is -0.367 e. The van der Waals surface area contributed by atoms with Gasteiger partial charge < -0.3 is 19.5 Å². The van der Waals surface area contributed by atoms with Crippen LogP contribution in [0, 0.1) is 0 Å². The summed E-state index contributed by atoms with van der Waals surface area (Å²) in [6.07, 6.45) is 4.10. The Morgan fingerprint density at radius 1 is 1.38 bits per heavy atom. The zero-order valence-electron chi connectivity index (χ0n) is 14.4. The van der Waals surface area contributed by atoms with Crippen molar-refractivity contribution >= 4 is 27.6 Å². The second-order valence-electron chi connectivity index (χ2n) is 6.78. The third kappa shape index (κ3) is 4.42. The van der Waals surface area contributed by atoms with Crippen molar-refractivity contribution in [3.8, 4) is 0 Å². The van der Waals surface area contributed by atoms with Crippen LogP contribution in [0.4, 0.5) is 10.5 Å². The van der Waals surface area contributed by atoms with Crippen molar-refractivity contribution in [3.63, 3.8) is 0 Å². The molecular formula is C18H21BrN4O3. The van der Waals surface area contributed by atoms with Crippen LogP contribution in [0.15, 0.2) is 33.3 Å². The summed E-state index contributed by atoms with van der Waals surface area (Å²) in [7, 11) is 0. The molecule has 0 bridgehead atoms. The molecule has 2 heterocycles. The third-order valence-corrected chi connectivity index (χ3v) is 5.10. The highest BCUT2D eigenvalue weighted by Crippen LogP contribution is 2.38. The quantitative estimate of drug-likeness (QED) is 0.792. The largest absolute Gasteiger partial charge is 0.367 e. The zero-order chi connectivity index (χ0) is 17.9. The van der Waals surface area contributed by atoms with E-state index < -0.39 is 0 Å². The molecule has 1 atom stereocenters. The molecule has 1 saturated carbocycles. The molecule has 8 heteroatoms. The molecule has 2 aromatic rings. The number of nitrogens with zero attached hydrogens (tertiary/aromatic N) is 3. The highest BCUT2D eigenvalue weighted by atomic mass is 79.9. The summed E-state index contributed by atoms with van der Waals surface area (Å²) < 4.78 is 12.1. The molecular weight excluding hydrogens is 400 g/mol. The van der Waals surface area contributed by atoms with Gasteiger partial charge in [0.1, 0.15) is 6.61 Å². The molecule has 1 saturated heterocycles. The van der Waals surface area contributed by atoms with E-state index in [-0.39, 0.29) is 12.1 Å². The number of ether oxygens (including phenoxy) is 1. The van der Waals surface area contributed by atoms with E-state index >= 15 is 0 Å². The van der Waals surface area contributed by atoms with Gasteiger partial charge in [-0.3, -0.25) is 0 Å². The molecule has 2 fully saturated rings. The number of carbonyl (C=O) groups excluding carboxylic acids is 1. The summed E-state index contributed by atoms with van der Waals surface area (Å²) in [5, 5.41) is 6.92. The second kappa shape index (κ2) is 7.75. The molecule has 4 rings (SSSR count). The van der Waals surface area contributed by atoms with E-state index in [4.69, 9.17) is 9.26 Å². The maximum absolute atomic E-state index is 12.5. The smallest absolute Gasteiger partial charge is 0.321 e. The number of rotatable bonds is 5. The Morgan fingerprint density at radius 3 is 3.08 bits per heavy atom. The van der Waals surface area contributed by atoms with Gasteiger partial charge in [-0.25, -0.2) is 4.79 Å². The molecule has 7 nitrogen and oxygen atoms in total. The van der Waals surface area contributed by atoms with Crippen molar-refractivity contribution < 1.29 is 14.1 Å². The summed E-state index contributed by atoms with van der Waals surface area (Å²) in [5.41, 5.74) is 0.769. The Labute approximate surface area is 160 Å². The van der Waals surface area contributed by atoms with E-state index in [2.05, 4.69) is 31.4 Å². The van der Waals surface area contributed by atoms with E-state index in [1.54, 1.807) is 4.90 Å². The number of hydrogen-bond acceptors (Lipinski definition) is 5. The number of benzene rings is 1. The van der Waals surface area contributed by atoms with Gasteiger partial charge in [-0.1, -0.05) is 27.2 Å². The number of aromatic nitrogens is 2. The van der Waals surface area contributed by atoms with E-state index in [1.165, 1.54) is 0 Å². The van der Waals surface area contributed by atoms with Gasteiger partial charge in [0.05, 0.1) is 6.10 Å². The zero-order valence-corrected chi connectivity index (χ0v) is 15.9. The highest BCUT2D eigenvalue weighted by Gasteiger charge is 2.29. The first-order valence-corrected chi connectivity index (χ1v) is 9.72. The molecule has 2 aliphatic rings. The van der Waals surface area contributed by atoms with Gasteiger partial charge in [0.2, 0.25) is 0 Å². The van der Waals surface area contributed by atoms with Crippen LogP contribution < -0.4 is 5.32 Å². The monoisotopic (exact) mass is 420 g/mol. The minimum atomic E-state index is -0.106. The summed E-state index contributed by atoms with van der Waals surface area (Å²) in [6, 6.07) is 7.45. The van der Waals surface area contributed by atoms with E-state index in [9.17, 15) is 4.79 Å². The predicted octanol–water partition coefficient (Wildman–Crippen LogP) is 3.92. The average molecular weight is 421 g/mol. The van der Waals surface area contributed by atoms with Crippen LogP contribution in [0.3, 0.4) is 0 Å². The van der Waals surface area contributed by atoms with E-state index in [1.807, 2.05) is 24.3 Å². The number of carbonyl (C=O) groups is 1. The van der Waals surface area contributed by atoms with Gasteiger partial charge in [0.25, 0.3) is 5.89 Å². The van der Waals surface area contributed by atoms with Gasteiger partial charge in [0.15, 0.2) is 5.82 Å². The molecule has 2 amide bonds. The van der Waals surface area contributed by atoms with Crippen molar-refractivity contribution in [2.75, 3.05) is 18.4 Å². The van der Waals surface area contributed by atoms with Crippen LogP contribution in [0.25, 0.3) is 0 Å². The fourth-order valence-corrected chi connectivity index (χ4v) is 3.45. The van der Waals surface area contributed by atoms with E-state index in [0.29, 0.717) is 25.0 Å². The van der Waals surface area contributed by atoms with Crippen molar-refractivity contribution in [1.29, 1.82) is 0 Å². The van der Waals surface area contributed by atoms with Gasteiger partial charge in [-0.05, 0) is 43.9 Å². The molecule has 1 unspecified atom stereocenters. The number of hydrogen-bond donors (Lipinski definition) is 1. The Morgan fingerprint density at radius 2 is 2.27 bits per heavy atom. The lowest BCUT2D eigenvalue weighted by Crippen LogP contribution is -2.45. The van der Waals surface area contributed by atoms with Crippen molar-refractivity contribution in [2.45, 2.75) is 44.3 Å². The number of likely N-dealkylation sites (tertiary alicyclic amines) is 1. The number of halogens is 1. The number of amides is 2. The van der Waals surface area contributed by atoms with Crippen LogP contribution in [0.2, 0.25) is 0 Å². The van der Waals surface area contributed by atoms with Crippen molar-refractivity contribution in [1.82, 2.24) is 15.0 Å². The molecule has 1 aliphatic carbocycles. The normalized spacial score (nSPS) is 20.2. The summed E-state index contributed by atoms with van der Waals surface area (Å²) in [4.78, 5) is 18.7. The first-order chi connectivity index (χ1) is 12.7. The molecule has 138 valence electrons. The number of urea groups is 1. The second-order valence-corrected chi connectivity index (χ2v) is 7.70. The average Bonchev–Trinajstić information content (AvgIpc) is 3.39. The summed E-state index contributed by atoms with van der Waals surface area (Å²) in [5.74, 6) is 1.78. The fraction of sp³-hybridized carbons (Fsp3) is 0.500. The van der Waals surface area contributed by atoms with Crippen molar-refractivity contribution in [2.24, 2.45) is 0 Å². The first-order valence-electron chi connectivity index (χ1n) is 8.93. The highest BCUT2D eigenvalue weighted by molar-refractivity contribution is 9.10. The molecule has 0 radical (unpaired) electrons. The van der Waals surface area contributed by atoms with E-state index in [0.717, 1.165) is 48.2 Å². The number of piperidine rings is 1. The minimum absolute atomic E-state index is 0.0201. The van der Waals surface area contributed by atoms with Gasteiger partial charge in [-0.2, -0.15) is 4.98 Å². The third-order valence-electron chi connectivity index (χ3n) is 4.61. The Balaban J connectivity index is 1.28. The van der Waals surface area contributed by atoms with Crippen LogP contribution >= 0.6 is 15.9 Å². The van der Waals surface area contributed by atoms with Crippen LogP contribution in [0.5, 0.6) is 0 Å². The van der Waals surface area contributed by atoms with Gasteiger partial charge in [-0.15, -0.1) is 0 Å². The standard InChI is InChI=1S/C18H21BrN4O3/c19-13-3-1-4-14(9-13)20-18(24)23-8-2-5-15(10-23)25-11-16-21-17(22-26-16)12-6-7-12/h1,3-4,9,12,15H,2,5-8,10-11H2,(H,20,24).